The molecule has 21 heteroatoms. The van der Waals surface area contributed by atoms with Crippen LogP contribution in [0.1, 0.15) is 11.3 Å². The molecule has 4 heterocycles. The van der Waals surface area contributed by atoms with Gasteiger partial charge in [-0.3, -0.25) is 24.6 Å². The largest absolute Gasteiger partial charge is 0.477 e. The number of nitrogens with one attached hydrogen (secondary N) is 2. The Bertz CT molecular complexity index is 1810. The summed E-state index contributed by atoms with van der Waals surface area (Å²) in [5.74, 6) is -2.56. The number of amides is 3. The van der Waals surface area contributed by atoms with E-state index in [1.165, 1.54) is 21.8 Å². The lowest BCUT2D eigenvalue weighted by Gasteiger charge is -2.49. The van der Waals surface area contributed by atoms with Crippen LogP contribution in [0.15, 0.2) is 57.3 Å². The van der Waals surface area contributed by atoms with Gasteiger partial charge < -0.3 is 15.3 Å². The molecule has 1 fully saturated rings. The summed E-state index contributed by atoms with van der Waals surface area (Å²) in [6, 6.07) is 7.54. The smallest absolute Gasteiger partial charge is 0.471 e. The number of oxime groups is 1. The maximum Gasteiger partial charge on any atom is 0.471 e. The molecular weight excluding hydrogens is 688 g/mol. The van der Waals surface area contributed by atoms with Crippen LogP contribution in [0.4, 0.5) is 18.3 Å². The van der Waals surface area contributed by atoms with Gasteiger partial charge in [-0.2, -0.15) is 13.2 Å². The first-order valence-electron chi connectivity index (χ1n) is 13.1. The Kier molecular flexibility index (Phi) is 10.1. The van der Waals surface area contributed by atoms with E-state index in [1.54, 1.807) is 35.6 Å². The molecule has 0 saturated carbocycles. The van der Waals surface area contributed by atoms with Crippen molar-refractivity contribution in [3.8, 4) is 12.3 Å². The number of carbonyl (C=O) groups excluding carboxylic acids is 3. The van der Waals surface area contributed by atoms with Crippen LogP contribution in [0, 0.1) is 12.3 Å². The van der Waals surface area contributed by atoms with Crippen molar-refractivity contribution in [3.05, 3.63) is 58.2 Å². The average molecular weight is 708 g/mol. The molecule has 1 aromatic carbocycles. The molecular formula is C26H20F3N9O6S3. The highest BCUT2D eigenvalue weighted by Crippen LogP contribution is 2.41. The molecule has 0 bridgehead atoms. The van der Waals surface area contributed by atoms with Crippen molar-refractivity contribution >= 4 is 69.4 Å². The van der Waals surface area contributed by atoms with Crippen molar-refractivity contribution in [2.45, 2.75) is 35.9 Å². The summed E-state index contributed by atoms with van der Waals surface area (Å²) in [6.45, 7) is 0.0205. The lowest BCUT2D eigenvalue weighted by Crippen LogP contribution is -2.71. The third-order valence-corrected chi connectivity index (χ3v) is 9.46. The number of hydrogen-bond donors (Lipinski definition) is 3. The predicted molar refractivity (Wildman–Crippen MR) is 162 cm³/mol. The number of aromatic nitrogens is 5. The van der Waals surface area contributed by atoms with Crippen molar-refractivity contribution < 1.29 is 42.3 Å². The third kappa shape index (κ3) is 7.55. The van der Waals surface area contributed by atoms with Crippen molar-refractivity contribution in [1.82, 2.24) is 35.4 Å². The van der Waals surface area contributed by atoms with Gasteiger partial charge in [0.25, 0.3) is 11.8 Å². The number of β-lactam (4-membered cyclic amide) rings is 1. The van der Waals surface area contributed by atoms with Crippen molar-refractivity contribution in [2.75, 3.05) is 16.8 Å². The standard InChI is InChI=1S/C26H20F3N9O6S3/c1-2-8-37-25(33-35-36-37)47-11-14-10-45-21-17(20(40)38(21)18(14)22(41)42)31-19(39)16(34-44-9-13-6-4-3-5-7-13)15-12-46-24(30-15)32-23(43)26(27,28)29/h1,3-7,12,17,21H,8-11H2,(H,31,39)(H,41,42)(H,30,32,43)/t17?,21-/m0/s1. The number of carbonyl (C=O) groups is 4. The number of terminal acetylenes is 1. The Morgan fingerprint density at radius 2 is 2.02 bits per heavy atom. The summed E-state index contributed by atoms with van der Waals surface area (Å²) in [7, 11) is 0. The number of thiazole rings is 1. The number of aliphatic carboxylic acids is 1. The Morgan fingerprint density at radius 1 is 1.26 bits per heavy atom. The molecule has 2 aliphatic heterocycles. The molecule has 0 radical (unpaired) electrons. The molecule has 0 spiro atoms. The van der Waals surface area contributed by atoms with Crippen molar-refractivity contribution in [3.63, 3.8) is 0 Å². The van der Waals surface area contributed by atoms with Gasteiger partial charge in [0.2, 0.25) is 5.16 Å². The maximum atomic E-state index is 13.4. The first-order valence-corrected chi connectivity index (χ1v) is 16.0. The van der Waals surface area contributed by atoms with Crippen molar-refractivity contribution in [1.29, 1.82) is 0 Å². The van der Waals surface area contributed by atoms with E-state index >= 15 is 0 Å². The summed E-state index contributed by atoms with van der Waals surface area (Å²) in [6.07, 6.45) is 0.142. The zero-order valence-corrected chi connectivity index (χ0v) is 26.0. The number of benzene rings is 1. The number of hydrogen-bond acceptors (Lipinski definition) is 13. The van der Waals surface area contributed by atoms with Crippen molar-refractivity contribution in [2.24, 2.45) is 5.16 Å². The number of alkyl halides is 3. The van der Waals surface area contributed by atoms with Crippen LogP contribution < -0.4 is 10.6 Å². The number of fused-ring (bicyclic) bond motifs is 1. The van der Waals surface area contributed by atoms with E-state index in [2.05, 4.69) is 36.9 Å². The minimum atomic E-state index is -5.17. The van der Waals surface area contributed by atoms with Crippen LogP contribution >= 0.6 is 34.9 Å². The normalized spacial score (nSPS) is 17.8. The quantitative estimate of drug-likeness (QED) is 0.0813. The van der Waals surface area contributed by atoms with E-state index in [-0.39, 0.29) is 36.0 Å². The fraction of sp³-hybridized carbons (Fsp3) is 0.269. The summed E-state index contributed by atoms with van der Waals surface area (Å²) in [5.41, 5.74) is 0.135. The number of halogens is 3. The number of anilines is 1. The van der Waals surface area contributed by atoms with Crippen LogP contribution in [-0.2, 0) is 37.2 Å². The highest BCUT2D eigenvalue weighted by molar-refractivity contribution is 8.01. The molecule has 2 aromatic heterocycles. The molecule has 15 nitrogen and oxygen atoms in total. The minimum Gasteiger partial charge on any atom is -0.477 e. The number of rotatable bonds is 12. The first kappa shape index (κ1) is 33.4. The van der Waals surface area contributed by atoms with Gasteiger partial charge in [-0.15, -0.1) is 34.6 Å². The molecule has 244 valence electrons. The Balaban J connectivity index is 1.32. The molecule has 3 N–H and O–H groups in total. The predicted octanol–water partition coefficient (Wildman–Crippen LogP) is 1.72. The van der Waals surface area contributed by atoms with E-state index in [0.29, 0.717) is 27.6 Å². The second kappa shape index (κ2) is 14.2. The third-order valence-electron chi connectivity index (χ3n) is 6.32. The van der Waals surface area contributed by atoms with Crippen LogP contribution in [0.25, 0.3) is 0 Å². The molecule has 2 aliphatic rings. The average Bonchev–Trinajstić information content (AvgIpc) is 3.69. The second-order valence-electron chi connectivity index (χ2n) is 9.42. The zero-order valence-electron chi connectivity index (χ0n) is 23.5. The van der Waals surface area contributed by atoms with Gasteiger partial charge in [0, 0.05) is 16.9 Å². The summed E-state index contributed by atoms with van der Waals surface area (Å²) >= 11 is 2.95. The van der Waals surface area contributed by atoms with Crippen LogP contribution in [0.5, 0.6) is 0 Å². The van der Waals surface area contributed by atoms with Gasteiger partial charge in [0.05, 0.1) is 0 Å². The summed E-state index contributed by atoms with van der Waals surface area (Å²) < 4.78 is 39.6. The molecule has 3 aromatic rings. The molecule has 47 heavy (non-hydrogen) atoms. The molecule has 5 rings (SSSR count). The highest BCUT2D eigenvalue weighted by Gasteiger charge is 2.54. The lowest BCUT2D eigenvalue weighted by atomic mass is 10.0. The Labute approximate surface area is 275 Å². The molecule has 3 amide bonds. The number of thioether (sulfide) groups is 2. The van der Waals surface area contributed by atoms with Crippen LogP contribution in [0.3, 0.4) is 0 Å². The number of nitrogens with zero attached hydrogens (tertiary/aromatic N) is 7. The maximum absolute atomic E-state index is 13.4. The number of carboxylic acid groups (broad SMARTS) is 1. The fourth-order valence-electron chi connectivity index (χ4n) is 4.20. The topological polar surface area (TPSA) is 194 Å². The SMILES string of the molecule is C#CCn1nnnc1SCC1=C(C(=O)O)N2C(=O)C(NC(=O)C(=NOCc3ccccc3)c3csc(NC(=O)C(F)(F)F)n3)[C@@H]2SC1. The molecule has 1 saturated heterocycles. The zero-order chi connectivity index (χ0) is 33.7. The van der Waals surface area contributed by atoms with Crippen LogP contribution in [0.2, 0.25) is 0 Å². The Hall–Kier alpha value is -4.94. The van der Waals surface area contributed by atoms with Gasteiger partial charge in [-0.05, 0) is 21.6 Å². The van der Waals surface area contributed by atoms with E-state index in [0.717, 1.165) is 16.7 Å². The number of carboxylic acids is 1. The van der Waals surface area contributed by atoms with Crippen LogP contribution in [-0.4, -0.2) is 93.7 Å². The van der Waals surface area contributed by atoms with Gasteiger partial charge >= 0.3 is 18.1 Å². The van der Waals surface area contributed by atoms with E-state index in [1.807, 2.05) is 0 Å². The van der Waals surface area contributed by atoms with Gasteiger partial charge in [0.15, 0.2) is 10.8 Å². The Morgan fingerprint density at radius 3 is 2.72 bits per heavy atom. The minimum absolute atomic E-state index is 0.0866. The molecule has 1 unspecified atom stereocenters. The lowest BCUT2D eigenvalue weighted by molar-refractivity contribution is -0.167. The molecule has 2 atom stereocenters. The van der Waals surface area contributed by atoms with Gasteiger partial charge in [-0.1, -0.05) is 53.2 Å². The highest BCUT2D eigenvalue weighted by atomic mass is 32.2. The summed E-state index contributed by atoms with van der Waals surface area (Å²) in [5, 5.41) is 29.4. The van der Waals surface area contributed by atoms with Gasteiger partial charge in [0.1, 0.15) is 36.0 Å². The van der Waals surface area contributed by atoms with E-state index in [4.69, 9.17) is 11.3 Å². The van der Waals surface area contributed by atoms with E-state index in [9.17, 15) is 37.5 Å². The fourth-order valence-corrected chi connectivity index (χ4v) is 7.25. The van der Waals surface area contributed by atoms with Gasteiger partial charge in [-0.25, -0.2) is 14.5 Å². The summed E-state index contributed by atoms with van der Waals surface area (Å²) in [4.78, 5) is 60.5. The second-order valence-corrected chi connectivity index (χ2v) is 12.3. The molecule has 0 aliphatic carbocycles. The van der Waals surface area contributed by atoms with E-state index < -0.39 is 52.1 Å². The first-order chi connectivity index (χ1) is 22.5. The monoisotopic (exact) mass is 707 g/mol. The number of tetrazole rings is 1.